The second-order valence-corrected chi connectivity index (χ2v) is 16.1. The van der Waals surface area contributed by atoms with E-state index in [2.05, 4.69) is 0 Å². The normalized spacial score (nSPS) is 36.7. The van der Waals surface area contributed by atoms with Crippen LogP contribution in [-0.2, 0) is 42.7 Å². The van der Waals surface area contributed by atoms with Gasteiger partial charge in [-0.25, -0.2) is 0 Å². The largest absolute Gasteiger partial charge is 0.507 e. The second kappa shape index (κ2) is 16.2. The molecule has 0 radical (unpaired) electrons. The van der Waals surface area contributed by atoms with Crippen molar-refractivity contribution in [3.63, 3.8) is 0 Å². The summed E-state index contributed by atoms with van der Waals surface area (Å²) < 4.78 is 42.7. The number of aliphatic hydroxyl groups excluding tert-OH is 1. The molecule has 2 aromatic carbocycles. The van der Waals surface area contributed by atoms with Crippen LogP contribution in [-0.4, -0.2) is 132 Å². The Balaban J connectivity index is 1.12. The van der Waals surface area contributed by atoms with Crippen molar-refractivity contribution in [3.05, 3.63) is 63.7 Å². The van der Waals surface area contributed by atoms with Crippen molar-refractivity contribution in [2.24, 2.45) is 0 Å². The van der Waals surface area contributed by atoms with Crippen LogP contribution in [0, 0.1) is 0 Å². The van der Waals surface area contributed by atoms with Crippen molar-refractivity contribution in [2.45, 2.75) is 145 Å². The van der Waals surface area contributed by atoms with Crippen LogP contribution in [0.5, 0.6) is 5.75 Å². The molecule has 3 N–H and O–H groups in total. The zero-order valence-electron chi connectivity index (χ0n) is 33.3. The van der Waals surface area contributed by atoms with Crippen molar-refractivity contribution in [2.75, 3.05) is 21.2 Å². The number of fused-ring (bicyclic) bond motifs is 3. The Morgan fingerprint density at radius 2 is 1.53 bits per heavy atom. The first-order valence-electron chi connectivity index (χ1n) is 19.7. The number of carbonyl (C=O) groups is 4. The van der Waals surface area contributed by atoms with E-state index in [1.165, 1.54) is 25.3 Å². The Hall–Kier alpha value is -3.64. The van der Waals surface area contributed by atoms with Crippen LogP contribution in [0.15, 0.2) is 30.3 Å². The fourth-order valence-corrected chi connectivity index (χ4v) is 9.19. The highest BCUT2D eigenvalue weighted by Gasteiger charge is 2.53. The van der Waals surface area contributed by atoms with Crippen LogP contribution in [0.3, 0.4) is 0 Å². The molecule has 0 amide bonds. The molecule has 15 nitrogen and oxygen atoms in total. The third-order valence-electron chi connectivity index (χ3n) is 12.3. The minimum Gasteiger partial charge on any atom is -0.507 e. The average Bonchev–Trinajstić information content (AvgIpc) is 3.17. The highest BCUT2D eigenvalue weighted by Crippen LogP contribution is 2.53. The molecule has 2 aromatic rings. The Kier molecular flexibility index (Phi) is 11.8. The van der Waals surface area contributed by atoms with Gasteiger partial charge in [0.1, 0.15) is 30.0 Å². The monoisotopic (exact) mass is 795 g/mol. The molecular weight excluding hydrogens is 742 g/mol. The SMILES string of the molecule is CC[C@]1(O)C[C@@H](O[C@@H]2C[C@@H](N(C)C)[C@@H](O[C@H]3C[C@@H](O)[C@@H](O[C@H]4CCC(=O)[C@@H](C)O4)[C@@H](C)O3)[C@@H](C)O2)c2c(cc3c(c2O)C(=O)c2ccccc2C3=O)[C@H]1C(=O)OC. The van der Waals surface area contributed by atoms with E-state index in [9.17, 15) is 34.5 Å². The van der Waals surface area contributed by atoms with Crippen molar-refractivity contribution in [3.8, 4) is 5.75 Å². The van der Waals surface area contributed by atoms with Crippen molar-refractivity contribution < 1.29 is 67.7 Å². The lowest BCUT2D eigenvalue weighted by molar-refractivity contribution is -0.324. The van der Waals surface area contributed by atoms with E-state index < -0.39 is 96.4 Å². The molecule has 3 fully saturated rings. The first kappa shape index (κ1) is 41.5. The molecule has 7 rings (SSSR count). The lowest BCUT2D eigenvalue weighted by Crippen LogP contribution is -2.58. The van der Waals surface area contributed by atoms with Gasteiger partial charge < -0.3 is 53.4 Å². The number of likely N-dealkylation sites (N-methyl/N-ethyl adjacent to an activating group) is 1. The van der Waals surface area contributed by atoms with E-state index in [4.69, 9.17) is 33.2 Å². The fourth-order valence-electron chi connectivity index (χ4n) is 9.19. The first-order chi connectivity index (χ1) is 27.1. The standard InChI is InChI=1S/C42H53NO14/c1-8-42(50)18-29(33-24(35(42)41(49)51-7)15-25-34(38(33)48)37(47)23-12-10-9-11-22(23)36(25)46)55-31-16-26(43(5)6)39(20(3)53-31)57-32-17-28(45)40(21(4)54-32)56-30-14-13-27(44)19(2)52-30/h9-12,15,19-21,26,28-32,35,39-40,45,48,50H,8,13-14,16-18H2,1-7H3/t19-,20-,21-,26-,28-,29-,30+,31-,32+,35+,39+,40+,42+/m1/s1. The van der Waals surface area contributed by atoms with Gasteiger partial charge in [0.15, 0.2) is 36.2 Å². The molecule has 0 spiro atoms. The van der Waals surface area contributed by atoms with E-state index in [0.717, 1.165) is 0 Å². The predicted molar refractivity (Wildman–Crippen MR) is 200 cm³/mol. The Bertz CT molecular complexity index is 1890. The number of ether oxygens (including phenoxy) is 7. The molecule has 2 aliphatic carbocycles. The molecule has 0 bridgehead atoms. The van der Waals surface area contributed by atoms with Gasteiger partial charge in [0, 0.05) is 60.4 Å². The fraction of sp³-hybridized carbons (Fsp3) is 0.619. The van der Waals surface area contributed by atoms with Gasteiger partial charge in [-0.05, 0) is 52.9 Å². The Morgan fingerprint density at radius 3 is 2.14 bits per heavy atom. The molecule has 310 valence electrons. The first-order valence-corrected chi connectivity index (χ1v) is 19.7. The zero-order chi connectivity index (χ0) is 41.1. The molecule has 0 aromatic heterocycles. The maximum atomic E-state index is 13.9. The molecule has 3 heterocycles. The minimum atomic E-state index is -1.71. The summed E-state index contributed by atoms with van der Waals surface area (Å²) in [5.41, 5.74) is -1.42. The molecule has 0 saturated carbocycles. The molecule has 15 heteroatoms. The number of nitrogens with zero attached hydrogens (tertiary/aromatic N) is 1. The third-order valence-corrected chi connectivity index (χ3v) is 12.3. The summed E-state index contributed by atoms with van der Waals surface area (Å²) in [6, 6.07) is 7.45. The zero-order valence-corrected chi connectivity index (χ0v) is 33.3. The van der Waals surface area contributed by atoms with Crippen molar-refractivity contribution in [1.29, 1.82) is 0 Å². The van der Waals surface area contributed by atoms with E-state index >= 15 is 0 Å². The molecule has 3 saturated heterocycles. The predicted octanol–water partition coefficient (Wildman–Crippen LogP) is 3.45. The Morgan fingerprint density at radius 1 is 0.895 bits per heavy atom. The molecule has 5 aliphatic rings. The van der Waals surface area contributed by atoms with Gasteiger partial charge in [-0.1, -0.05) is 31.2 Å². The van der Waals surface area contributed by atoms with Crippen LogP contribution in [0.2, 0.25) is 0 Å². The van der Waals surface area contributed by atoms with Gasteiger partial charge in [0.2, 0.25) is 0 Å². The van der Waals surface area contributed by atoms with Gasteiger partial charge >= 0.3 is 5.97 Å². The smallest absolute Gasteiger partial charge is 0.316 e. The molecule has 3 aliphatic heterocycles. The maximum absolute atomic E-state index is 13.9. The summed E-state index contributed by atoms with van der Waals surface area (Å²) in [7, 11) is 4.98. The molecule has 57 heavy (non-hydrogen) atoms. The van der Waals surface area contributed by atoms with Gasteiger partial charge in [0.25, 0.3) is 0 Å². The summed E-state index contributed by atoms with van der Waals surface area (Å²) in [6.45, 7) is 7.02. The minimum absolute atomic E-state index is 0.0132. The van der Waals surface area contributed by atoms with Gasteiger partial charge in [0.05, 0.1) is 42.7 Å². The number of esters is 1. The average molecular weight is 796 g/mol. The number of aliphatic hydroxyl groups is 2. The van der Waals surface area contributed by atoms with E-state index in [0.29, 0.717) is 12.8 Å². The lowest BCUT2D eigenvalue weighted by Gasteiger charge is -2.48. The topological polar surface area (TPSA) is 197 Å². The number of methoxy groups -OCH3 is 1. The number of phenols is 1. The summed E-state index contributed by atoms with van der Waals surface area (Å²) in [5.74, 6) is -3.58. The van der Waals surface area contributed by atoms with E-state index in [1.54, 1.807) is 32.9 Å². The maximum Gasteiger partial charge on any atom is 0.316 e. The van der Waals surface area contributed by atoms with Crippen LogP contribution in [0.1, 0.15) is 121 Å². The number of ketones is 3. The van der Waals surface area contributed by atoms with Gasteiger partial charge in [-0.3, -0.25) is 19.2 Å². The third kappa shape index (κ3) is 7.58. The number of carbonyl (C=O) groups excluding carboxylic acids is 4. The van der Waals surface area contributed by atoms with Crippen LogP contribution < -0.4 is 0 Å². The second-order valence-electron chi connectivity index (χ2n) is 16.1. The van der Waals surface area contributed by atoms with E-state index in [-0.39, 0.29) is 70.9 Å². The summed E-state index contributed by atoms with van der Waals surface area (Å²) in [4.78, 5) is 54.9. The number of phenolic OH excluding ortho intramolecular Hbond substituents is 1. The number of Topliss-reactive ketones (excluding diaryl/α,β-unsaturated/α-hetero) is 1. The highest BCUT2D eigenvalue weighted by molar-refractivity contribution is 6.29. The molecule has 13 atom stereocenters. The number of hydrogen-bond donors (Lipinski definition) is 3. The summed E-state index contributed by atoms with van der Waals surface area (Å²) in [6.07, 6.45) is -6.25. The highest BCUT2D eigenvalue weighted by atomic mass is 16.7. The van der Waals surface area contributed by atoms with Gasteiger partial charge in [-0.15, -0.1) is 0 Å². The molecular formula is C42H53NO14. The van der Waals surface area contributed by atoms with Crippen LogP contribution in [0.25, 0.3) is 0 Å². The van der Waals surface area contributed by atoms with Gasteiger partial charge in [-0.2, -0.15) is 0 Å². The Labute approximate surface area is 331 Å². The van der Waals surface area contributed by atoms with Crippen LogP contribution in [0.4, 0.5) is 0 Å². The van der Waals surface area contributed by atoms with Crippen molar-refractivity contribution >= 4 is 23.3 Å². The van der Waals surface area contributed by atoms with E-state index in [1.807, 2.05) is 25.9 Å². The van der Waals surface area contributed by atoms with Crippen LogP contribution >= 0.6 is 0 Å². The lowest BCUT2D eigenvalue weighted by atomic mass is 9.67. The van der Waals surface area contributed by atoms with Crippen molar-refractivity contribution in [1.82, 2.24) is 4.90 Å². The number of benzene rings is 2. The number of hydrogen-bond acceptors (Lipinski definition) is 15. The molecule has 0 unspecified atom stereocenters. The number of aromatic hydroxyl groups is 1. The summed E-state index contributed by atoms with van der Waals surface area (Å²) >= 11 is 0. The summed E-state index contributed by atoms with van der Waals surface area (Å²) in [5, 5.41) is 35.2. The quantitative estimate of drug-likeness (QED) is 0.266. The number of rotatable bonds is 9.